The van der Waals surface area contributed by atoms with Gasteiger partial charge in [0.1, 0.15) is 30.7 Å². The quantitative estimate of drug-likeness (QED) is 0.714. The molecule has 168 valence electrons. The molecular weight excluding hydrogens is 414 g/mol. The summed E-state index contributed by atoms with van der Waals surface area (Å²) in [5, 5.41) is 18.3. The molecule has 2 aliphatic rings. The Morgan fingerprint density at radius 1 is 1.26 bits per heavy atom. The van der Waals surface area contributed by atoms with Crippen molar-refractivity contribution in [2.24, 2.45) is 0 Å². The molecule has 0 radical (unpaired) electrons. The third-order valence-electron chi connectivity index (χ3n) is 6.71. The second-order valence-corrected chi connectivity index (χ2v) is 15.1. The molecule has 4 rings (SSSR count). The van der Waals surface area contributed by atoms with E-state index >= 15 is 0 Å². The van der Waals surface area contributed by atoms with E-state index in [1.807, 2.05) is 13.8 Å². The van der Waals surface area contributed by atoms with Crippen LogP contribution in [0.25, 0.3) is 5.52 Å². The molecule has 0 unspecified atom stereocenters. The number of anilines is 1. The van der Waals surface area contributed by atoms with Gasteiger partial charge in [0.05, 0.1) is 17.8 Å². The van der Waals surface area contributed by atoms with Crippen LogP contribution in [0, 0.1) is 11.3 Å². The maximum atomic E-state index is 10.4. The van der Waals surface area contributed by atoms with Crippen LogP contribution in [0.2, 0.25) is 18.1 Å². The third-order valence-corrected chi connectivity index (χ3v) is 11.2. The summed E-state index contributed by atoms with van der Waals surface area (Å²) >= 11 is 0. The van der Waals surface area contributed by atoms with Crippen molar-refractivity contribution < 1.29 is 18.6 Å². The first-order chi connectivity index (χ1) is 14.3. The Kier molecular flexibility index (Phi) is 4.99. The lowest BCUT2D eigenvalue weighted by atomic mass is 9.92. The Hall–Kier alpha value is -2.03. The number of hydrogen-bond donors (Lipinski definition) is 1. The molecular formula is C21H31N5O4Si. The lowest BCUT2D eigenvalue weighted by Crippen LogP contribution is -2.44. The molecule has 0 amide bonds. The van der Waals surface area contributed by atoms with Crippen LogP contribution in [-0.4, -0.2) is 53.6 Å². The molecule has 2 fully saturated rings. The minimum absolute atomic E-state index is 0.0531. The fourth-order valence-corrected chi connectivity index (χ4v) is 5.03. The maximum absolute atomic E-state index is 10.4. The van der Waals surface area contributed by atoms with Crippen molar-refractivity contribution in [1.29, 1.82) is 5.26 Å². The molecule has 0 aromatic carbocycles. The predicted molar refractivity (Wildman–Crippen MR) is 117 cm³/mol. The number of nitrogen functional groups attached to an aromatic ring is 1. The Bertz CT molecular complexity index is 1040. The summed E-state index contributed by atoms with van der Waals surface area (Å²) in [5.41, 5.74) is 5.81. The predicted octanol–water partition coefficient (Wildman–Crippen LogP) is 2.97. The Balaban J connectivity index is 1.73. The Labute approximate surface area is 183 Å². The summed E-state index contributed by atoms with van der Waals surface area (Å²) in [7, 11) is -2.03. The van der Waals surface area contributed by atoms with E-state index in [1.165, 1.54) is 6.33 Å². The molecule has 2 saturated heterocycles. The molecule has 2 aromatic rings. The van der Waals surface area contributed by atoms with E-state index in [1.54, 1.807) is 16.5 Å². The zero-order chi connectivity index (χ0) is 22.8. The highest BCUT2D eigenvalue weighted by molar-refractivity contribution is 6.74. The molecule has 0 spiro atoms. The van der Waals surface area contributed by atoms with Gasteiger partial charge in [0.2, 0.25) is 5.60 Å². The van der Waals surface area contributed by atoms with E-state index < -0.39 is 38.0 Å². The van der Waals surface area contributed by atoms with E-state index in [0.29, 0.717) is 17.8 Å². The summed E-state index contributed by atoms with van der Waals surface area (Å²) in [6, 6.07) is 5.99. The fraction of sp³-hybridized carbons (Fsp3) is 0.667. The number of nitriles is 1. The number of hydrogen-bond acceptors (Lipinski definition) is 8. The summed E-state index contributed by atoms with van der Waals surface area (Å²) in [5.74, 6) is -0.569. The molecule has 31 heavy (non-hydrogen) atoms. The highest BCUT2D eigenvalue weighted by atomic mass is 28.4. The Morgan fingerprint density at radius 2 is 1.97 bits per heavy atom. The topological polar surface area (TPSA) is 117 Å². The van der Waals surface area contributed by atoms with Gasteiger partial charge in [0.25, 0.3) is 0 Å². The largest absolute Gasteiger partial charge is 0.414 e. The molecule has 2 N–H and O–H groups in total. The number of fused-ring (bicyclic) bond motifs is 2. The van der Waals surface area contributed by atoms with Crippen molar-refractivity contribution in [3.05, 3.63) is 24.2 Å². The molecule has 4 atom stereocenters. The van der Waals surface area contributed by atoms with Crippen molar-refractivity contribution >= 4 is 19.7 Å². The van der Waals surface area contributed by atoms with Gasteiger partial charge in [0, 0.05) is 0 Å². The van der Waals surface area contributed by atoms with Crippen LogP contribution in [0.4, 0.5) is 5.82 Å². The van der Waals surface area contributed by atoms with Gasteiger partial charge >= 0.3 is 0 Å². The second-order valence-electron chi connectivity index (χ2n) is 10.3. The normalized spacial score (nSPS) is 30.5. The van der Waals surface area contributed by atoms with E-state index in [-0.39, 0.29) is 10.9 Å². The highest BCUT2D eigenvalue weighted by Crippen LogP contribution is 2.50. The van der Waals surface area contributed by atoms with Crippen molar-refractivity contribution in [3.8, 4) is 6.07 Å². The zero-order valence-corrected chi connectivity index (χ0v) is 20.2. The zero-order valence-electron chi connectivity index (χ0n) is 19.2. The highest BCUT2D eigenvalue weighted by Gasteiger charge is 2.65. The number of nitrogens with two attached hydrogens (primary N) is 1. The third kappa shape index (κ3) is 3.45. The van der Waals surface area contributed by atoms with Gasteiger partial charge in [0.15, 0.2) is 19.9 Å². The van der Waals surface area contributed by atoms with Crippen LogP contribution in [0.15, 0.2) is 18.5 Å². The number of ether oxygens (including phenoxy) is 3. The minimum Gasteiger partial charge on any atom is -0.414 e. The van der Waals surface area contributed by atoms with Gasteiger partial charge in [-0.15, -0.1) is 10.2 Å². The Morgan fingerprint density at radius 3 is 2.61 bits per heavy atom. The standard InChI is InChI=1S/C21H31N5O4Si/c1-19(2,3)31(6,7)27-10-14-16-17(30-20(4,5)29-16)21(11-22,28-14)15-9-8-13-18(23)25-24-12-26(13)15/h8-9,12,14,16-17H,10H2,1-7H3,(H2,23,25)/t14-,16-,17-,21+/m1/s1. The SMILES string of the molecule is CC1(C)O[C@H]2[C@@H](O1)[C@](C#N)(c1ccc3c(N)nncn13)O[C@@H]2CO[Si](C)(C)C(C)(C)C. The van der Waals surface area contributed by atoms with Crippen LogP contribution >= 0.6 is 0 Å². The molecule has 9 nitrogen and oxygen atoms in total. The molecule has 10 heteroatoms. The van der Waals surface area contributed by atoms with Crippen LogP contribution < -0.4 is 5.73 Å². The number of nitrogens with zero attached hydrogens (tertiary/aromatic N) is 4. The van der Waals surface area contributed by atoms with Crippen molar-refractivity contribution in [2.45, 2.75) is 82.5 Å². The van der Waals surface area contributed by atoms with Crippen LogP contribution in [0.3, 0.4) is 0 Å². The van der Waals surface area contributed by atoms with Gasteiger partial charge in [-0.05, 0) is 44.1 Å². The summed E-state index contributed by atoms with van der Waals surface area (Å²) in [6.45, 7) is 15.0. The summed E-state index contributed by atoms with van der Waals surface area (Å²) in [4.78, 5) is 0. The van der Waals surface area contributed by atoms with Crippen LogP contribution in [-0.2, 0) is 24.2 Å². The van der Waals surface area contributed by atoms with Crippen molar-refractivity contribution in [1.82, 2.24) is 14.6 Å². The summed E-state index contributed by atoms with van der Waals surface area (Å²) in [6.07, 6.45) is -0.0119. The van der Waals surface area contributed by atoms with Gasteiger partial charge in [-0.3, -0.25) is 4.40 Å². The van der Waals surface area contributed by atoms with Crippen molar-refractivity contribution in [2.75, 3.05) is 12.3 Å². The molecule has 0 bridgehead atoms. The van der Waals surface area contributed by atoms with Gasteiger partial charge < -0.3 is 24.4 Å². The molecule has 2 aromatic heterocycles. The fourth-order valence-electron chi connectivity index (χ4n) is 4.01. The average Bonchev–Trinajstić information content (AvgIpc) is 3.30. The van der Waals surface area contributed by atoms with E-state index in [4.69, 9.17) is 24.4 Å². The summed E-state index contributed by atoms with van der Waals surface area (Å²) < 4.78 is 27.0. The molecule has 2 aliphatic heterocycles. The number of rotatable bonds is 4. The lowest BCUT2D eigenvalue weighted by molar-refractivity contribution is -0.204. The van der Waals surface area contributed by atoms with E-state index in [9.17, 15) is 5.26 Å². The molecule has 0 aliphatic carbocycles. The lowest BCUT2D eigenvalue weighted by Gasteiger charge is -2.37. The smallest absolute Gasteiger partial charge is 0.224 e. The van der Waals surface area contributed by atoms with Gasteiger partial charge in [-0.1, -0.05) is 20.8 Å². The van der Waals surface area contributed by atoms with E-state index in [2.05, 4.69) is 50.1 Å². The first kappa shape index (κ1) is 22.2. The second kappa shape index (κ2) is 6.98. The number of aromatic nitrogens is 3. The first-order valence-electron chi connectivity index (χ1n) is 10.5. The average molecular weight is 446 g/mol. The van der Waals surface area contributed by atoms with E-state index in [0.717, 1.165) is 0 Å². The molecule has 4 heterocycles. The van der Waals surface area contributed by atoms with Gasteiger partial charge in [-0.2, -0.15) is 5.26 Å². The monoisotopic (exact) mass is 445 g/mol. The minimum atomic E-state index is -2.03. The first-order valence-corrected chi connectivity index (χ1v) is 13.4. The maximum Gasteiger partial charge on any atom is 0.224 e. The van der Waals surface area contributed by atoms with Crippen LogP contribution in [0.1, 0.15) is 40.3 Å². The molecule has 0 saturated carbocycles. The van der Waals surface area contributed by atoms with Crippen LogP contribution in [0.5, 0.6) is 0 Å². The van der Waals surface area contributed by atoms with Crippen molar-refractivity contribution in [3.63, 3.8) is 0 Å². The van der Waals surface area contributed by atoms with Gasteiger partial charge in [-0.25, -0.2) is 0 Å².